The van der Waals surface area contributed by atoms with Crippen molar-refractivity contribution in [1.29, 1.82) is 0 Å². The van der Waals surface area contributed by atoms with Gasteiger partial charge in [0.05, 0.1) is 12.2 Å². The minimum Gasteiger partial charge on any atom is -0.478 e. The van der Waals surface area contributed by atoms with E-state index in [9.17, 15) is 13.2 Å². The number of nitrogen functional groups attached to an aromatic ring is 1. The van der Waals surface area contributed by atoms with E-state index < -0.39 is 16.0 Å². The van der Waals surface area contributed by atoms with Crippen molar-refractivity contribution in [3.8, 4) is 0 Å². The Morgan fingerprint density at radius 3 is 2.68 bits per heavy atom. The summed E-state index contributed by atoms with van der Waals surface area (Å²) in [4.78, 5) is 15.8. The smallest absolute Gasteiger partial charge is 0.337 e. The van der Waals surface area contributed by atoms with Crippen molar-refractivity contribution in [2.75, 3.05) is 18.9 Å². The van der Waals surface area contributed by atoms with E-state index in [2.05, 4.69) is 0 Å². The van der Waals surface area contributed by atoms with Gasteiger partial charge in [-0.3, -0.25) is 4.84 Å². The van der Waals surface area contributed by atoms with Gasteiger partial charge in [0.25, 0.3) is 10.0 Å². The molecule has 0 spiro atoms. The molecule has 1 aliphatic heterocycles. The van der Waals surface area contributed by atoms with Crippen LogP contribution in [-0.4, -0.2) is 37.1 Å². The van der Waals surface area contributed by atoms with Crippen LogP contribution in [0.4, 0.5) is 5.69 Å². The predicted molar refractivity (Wildman–Crippen MR) is 66.9 cm³/mol. The number of aromatic carboxylic acids is 1. The summed E-state index contributed by atoms with van der Waals surface area (Å²) in [5.41, 5.74) is 5.40. The molecule has 0 aliphatic carbocycles. The van der Waals surface area contributed by atoms with Crippen LogP contribution in [-0.2, 0) is 14.9 Å². The molecule has 0 atom stereocenters. The molecule has 3 N–H and O–H groups in total. The Bertz CT molecular complexity index is 593. The van der Waals surface area contributed by atoms with Gasteiger partial charge in [0.15, 0.2) is 0 Å². The van der Waals surface area contributed by atoms with Crippen LogP contribution in [0.1, 0.15) is 23.2 Å². The van der Waals surface area contributed by atoms with E-state index in [4.69, 9.17) is 15.7 Å². The summed E-state index contributed by atoms with van der Waals surface area (Å²) in [6, 6.07) is 3.66. The van der Waals surface area contributed by atoms with Gasteiger partial charge in [0.2, 0.25) is 0 Å². The molecule has 1 aliphatic rings. The lowest BCUT2D eigenvalue weighted by Crippen LogP contribution is -2.36. The lowest BCUT2D eigenvalue weighted by atomic mass is 10.2. The van der Waals surface area contributed by atoms with Crippen LogP contribution in [0.25, 0.3) is 0 Å². The van der Waals surface area contributed by atoms with Crippen LogP contribution in [0, 0.1) is 0 Å². The van der Waals surface area contributed by atoms with Gasteiger partial charge in [-0.15, -0.1) is 0 Å². The number of carboxylic acid groups (broad SMARTS) is 1. The van der Waals surface area contributed by atoms with E-state index in [-0.39, 0.29) is 22.7 Å². The van der Waals surface area contributed by atoms with Crippen molar-refractivity contribution in [1.82, 2.24) is 4.47 Å². The van der Waals surface area contributed by atoms with Gasteiger partial charge < -0.3 is 10.8 Å². The number of nitrogens with zero attached hydrogens (tertiary/aromatic N) is 1. The Balaban J connectivity index is 2.49. The maximum Gasteiger partial charge on any atom is 0.337 e. The lowest BCUT2D eigenvalue weighted by Gasteiger charge is -2.25. The van der Waals surface area contributed by atoms with Crippen molar-refractivity contribution in [3.63, 3.8) is 0 Å². The Hall–Kier alpha value is -1.64. The maximum atomic E-state index is 12.3. The summed E-state index contributed by atoms with van der Waals surface area (Å²) in [5.74, 6) is -1.32. The quantitative estimate of drug-likeness (QED) is 0.791. The molecule has 0 amide bonds. The fourth-order valence-corrected chi connectivity index (χ4v) is 3.32. The van der Waals surface area contributed by atoms with Gasteiger partial charge >= 0.3 is 5.97 Å². The number of hydrogen-bond acceptors (Lipinski definition) is 5. The fourth-order valence-electron chi connectivity index (χ4n) is 1.80. The summed E-state index contributed by atoms with van der Waals surface area (Å²) in [7, 11) is -4.01. The average molecular weight is 286 g/mol. The summed E-state index contributed by atoms with van der Waals surface area (Å²) in [5, 5.41) is 9.05. The van der Waals surface area contributed by atoms with E-state index in [1.807, 2.05) is 0 Å². The minimum absolute atomic E-state index is 0.181. The van der Waals surface area contributed by atoms with Gasteiger partial charge in [-0.2, -0.15) is 0 Å². The Morgan fingerprint density at radius 2 is 2.11 bits per heavy atom. The molecule has 1 aromatic carbocycles. The zero-order valence-electron chi connectivity index (χ0n) is 10.1. The highest BCUT2D eigenvalue weighted by atomic mass is 32.2. The van der Waals surface area contributed by atoms with E-state index in [0.717, 1.165) is 17.0 Å². The molecule has 2 rings (SSSR count). The first-order chi connectivity index (χ1) is 8.93. The number of benzene rings is 1. The van der Waals surface area contributed by atoms with E-state index in [1.165, 1.54) is 12.1 Å². The van der Waals surface area contributed by atoms with Gasteiger partial charge in [-0.05, 0) is 31.0 Å². The van der Waals surface area contributed by atoms with Crippen molar-refractivity contribution in [2.24, 2.45) is 0 Å². The molecule has 1 aromatic rings. The van der Waals surface area contributed by atoms with Crippen LogP contribution >= 0.6 is 0 Å². The number of carbonyl (C=O) groups is 1. The second-order valence-corrected chi connectivity index (χ2v) is 5.93. The van der Waals surface area contributed by atoms with E-state index in [0.29, 0.717) is 13.0 Å². The Kier molecular flexibility index (Phi) is 3.74. The second-order valence-electron chi connectivity index (χ2n) is 4.13. The van der Waals surface area contributed by atoms with E-state index in [1.54, 1.807) is 0 Å². The largest absolute Gasteiger partial charge is 0.478 e. The molecule has 7 nitrogen and oxygen atoms in total. The number of anilines is 1. The third-order valence-corrected chi connectivity index (χ3v) is 4.47. The Morgan fingerprint density at radius 1 is 1.37 bits per heavy atom. The van der Waals surface area contributed by atoms with Crippen LogP contribution in [0.15, 0.2) is 23.1 Å². The highest BCUT2D eigenvalue weighted by molar-refractivity contribution is 7.89. The molecular formula is C11H14N2O5S. The summed E-state index contributed by atoms with van der Waals surface area (Å²) in [6.45, 7) is 0.500. The number of rotatable bonds is 3. The number of carboxylic acids is 1. The van der Waals surface area contributed by atoms with Crippen molar-refractivity contribution in [3.05, 3.63) is 23.8 Å². The van der Waals surface area contributed by atoms with E-state index >= 15 is 0 Å². The van der Waals surface area contributed by atoms with Crippen molar-refractivity contribution >= 4 is 21.7 Å². The third kappa shape index (κ3) is 2.70. The monoisotopic (exact) mass is 286 g/mol. The normalized spacial score (nSPS) is 17.3. The van der Waals surface area contributed by atoms with Crippen molar-refractivity contribution < 1.29 is 23.2 Å². The molecule has 1 saturated heterocycles. The Labute approximate surface area is 110 Å². The summed E-state index contributed by atoms with van der Waals surface area (Å²) >= 11 is 0. The molecule has 0 radical (unpaired) electrons. The van der Waals surface area contributed by atoms with Crippen LogP contribution in [0.3, 0.4) is 0 Å². The number of sulfonamides is 1. The fraction of sp³-hybridized carbons (Fsp3) is 0.364. The zero-order chi connectivity index (χ0) is 14.0. The van der Waals surface area contributed by atoms with Crippen LogP contribution in [0.5, 0.6) is 0 Å². The van der Waals surface area contributed by atoms with Crippen molar-refractivity contribution in [2.45, 2.75) is 17.7 Å². The van der Waals surface area contributed by atoms with Gasteiger partial charge in [-0.25, -0.2) is 13.2 Å². The highest BCUT2D eigenvalue weighted by Crippen LogP contribution is 2.25. The standard InChI is InChI=1S/C11H14N2O5S/c12-8-3-4-9(11(14)15)10(7-8)19(16,17)13-5-1-2-6-18-13/h3-4,7H,1-2,5-6,12H2,(H,14,15). The summed E-state index contributed by atoms with van der Waals surface area (Å²) in [6.07, 6.45) is 1.44. The second kappa shape index (κ2) is 5.16. The zero-order valence-corrected chi connectivity index (χ0v) is 10.9. The number of hydrogen-bond donors (Lipinski definition) is 2. The maximum absolute atomic E-state index is 12.3. The third-order valence-electron chi connectivity index (χ3n) is 2.75. The first-order valence-electron chi connectivity index (χ1n) is 5.71. The first kappa shape index (κ1) is 13.8. The van der Waals surface area contributed by atoms with Gasteiger partial charge in [0, 0.05) is 12.2 Å². The molecular weight excluding hydrogens is 272 g/mol. The molecule has 1 heterocycles. The molecule has 104 valence electrons. The average Bonchev–Trinajstić information content (AvgIpc) is 2.39. The molecule has 1 fully saturated rings. The van der Waals surface area contributed by atoms with Crippen LogP contribution in [0.2, 0.25) is 0 Å². The molecule has 0 aromatic heterocycles. The lowest BCUT2D eigenvalue weighted by molar-refractivity contribution is -0.108. The summed E-state index contributed by atoms with van der Waals surface area (Å²) < 4.78 is 25.5. The van der Waals surface area contributed by atoms with Crippen LogP contribution < -0.4 is 5.73 Å². The molecule has 8 heteroatoms. The highest BCUT2D eigenvalue weighted by Gasteiger charge is 2.31. The predicted octanol–water partition coefficient (Wildman–Crippen LogP) is 0.683. The topological polar surface area (TPSA) is 110 Å². The number of hydroxylamine groups is 1. The number of nitrogens with two attached hydrogens (primary N) is 1. The molecule has 0 saturated carbocycles. The molecule has 19 heavy (non-hydrogen) atoms. The SMILES string of the molecule is Nc1ccc(C(=O)O)c(S(=O)(=O)N2CCCCO2)c1. The minimum atomic E-state index is -4.01. The molecule has 0 bridgehead atoms. The van der Waals surface area contributed by atoms with Gasteiger partial charge in [-0.1, -0.05) is 4.47 Å². The molecule has 0 unspecified atom stereocenters. The first-order valence-corrected chi connectivity index (χ1v) is 7.15. The van der Waals surface area contributed by atoms with Gasteiger partial charge in [0.1, 0.15) is 4.90 Å².